The Balaban J connectivity index is 0.982. The molecule has 0 saturated carbocycles. The zero-order valence-corrected chi connectivity index (χ0v) is 30.5. The first-order chi connectivity index (χ1) is 27.0. The number of benzene rings is 8. The molecule has 3 heteroatoms. The highest BCUT2D eigenvalue weighted by Crippen LogP contribution is 2.59. The van der Waals surface area contributed by atoms with E-state index in [1.807, 2.05) is 18.2 Å². The fourth-order valence-corrected chi connectivity index (χ4v) is 8.69. The molecule has 0 fully saturated rings. The lowest BCUT2D eigenvalue weighted by molar-refractivity contribution is 0.361. The molecule has 1 aromatic heterocycles. The summed E-state index contributed by atoms with van der Waals surface area (Å²) in [4.78, 5) is 5.22. The lowest BCUT2D eigenvalue weighted by Gasteiger charge is -2.26. The quantitative estimate of drug-likeness (QED) is 0.171. The molecule has 0 bridgehead atoms. The first-order valence-electron chi connectivity index (χ1n) is 18.9. The van der Waals surface area contributed by atoms with Crippen molar-refractivity contribution < 1.29 is 9.47 Å². The smallest absolute Gasteiger partial charge is 0.178 e. The van der Waals surface area contributed by atoms with Crippen LogP contribution in [0.2, 0.25) is 0 Å². The van der Waals surface area contributed by atoms with Crippen LogP contribution in [0.25, 0.3) is 77.4 Å². The lowest BCUT2D eigenvalue weighted by Crippen LogP contribution is -2.15. The number of nitrogens with zero attached hydrogens (tertiary/aromatic N) is 1. The van der Waals surface area contributed by atoms with Crippen molar-refractivity contribution >= 4 is 21.5 Å². The number of ether oxygens (including phenoxy) is 2. The van der Waals surface area contributed by atoms with Crippen LogP contribution in [-0.4, -0.2) is 4.98 Å². The van der Waals surface area contributed by atoms with E-state index in [4.69, 9.17) is 14.5 Å². The summed E-state index contributed by atoms with van der Waals surface area (Å²) in [5.74, 6) is 2.98. The van der Waals surface area contributed by atoms with Crippen LogP contribution in [0.3, 0.4) is 0 Å². The Hall–Kier alpha value is -6.97. The third-order valence-corrected chi connectivity index (χ3v) is 11.5. The second-order valence-corrected chi connectivity index (χ2v) is 15.1. The fraction of sp³-hybridized carbons (Fsp3) is 0.0577. The van der Waals surface area contributed by atoms with Crippen LogP contribution in [0, 0.1) is 0 Å². The molecule has 55 heavy (non-hydrogen) atoms. The van der Waals surface area contributed by atoms with Crippen LogP contribution in [0.1, 0.15) is 25.0 Å². The highest BCUT2D eigenvalue weighted by molar-refractivity contribution is 6.08. The number of aromatic nitrogens is 1. The van der Waals surface area contributed by atoms with Gasteiger partial charge in [0.05, 0.1) is 11.4 Å². The minimum absolute atomic E-state index is 0.129. The van der Waals surface area contributed by atoms with Crippen molar-refractivity contribution in [2.45, 2.75) is 19.3 Å². The molecule has 0 saturated heterocycles. The monoisotopic (exact) mass is 705 g/mol. The molecule has 0 unspecified atom stereocenters. The Morgan fingerprint density at radius 2 is 1.07 bits per heavy atom. The first-order valence-corrected chi connectivity index (χ1v) is 18.9. The van der Waals surface area contributed by atoms with Crippen molar-refractivity contribution in [2.75, 3.05) is 0 Å². The number of pyridine rings is 1. The predicted octanol–water partition coefficient (Wildman–Crippen LogP) is 14.3. The van der Waals surface area contributed by atoms with Crippen molar-refractivity contribution in [1.29, 1.82) is 0 Å². The Bertz CT molecular complexity index is 3000. The Morgan fingerprint density at radius 1 is 0.400 bits per heavy atom. The van der Waals surface area contributed by atoms with E-state index in [1.165, 1.54) is 38.2 Å². The average molecular weight is 706 g/mol. The van der Waals surface area contributed by atoms with Crippen molar-refractivity contribution in [3.63, 3.8) is 0 Å². The summed E-state index contributed by atoms with van der Waals surface area (Å²) in [6, 6.07) is 62.3. The number of fused-ring (bicyclic) bond motifs is 9. The molecule has 8 aromatic carbocycles. The van der Waals surface area contributed by atoms with Crippen LogP contribution in [0.5, 0.6) is 23.0 Å². The second kappa shape index (κ2) is 12.0. The van der Waals surface area contributed by atoms with Crippen molar-refractivity contribution in [1.82, 2.24) is 4.98 Å². The second-order valence-electron chi connectivity index (χ2n) is 15.1. The van der Waals surface area contributed by atoms with Gasteiger partial charge in [-0.1, -0.05) is 159 Å². The van der Waals surface area contributed by atoms with Gasteiger partial charge in [0.1, 0.15) is 0 Å². The Labute approximate surface area is 320 Å². The Morgan fingerprint density at radius 3 is 1.95 bits per heavy atom. The van der Waals surface area contributed by atoms with Crippen LogP contribution in [-0.2, 0) is 5.41 Å². The number of para-hydroxylation sites is 1. The summed E-state index contributed by atoms with van der Waals surface area (Å²) >= 11 is 0. The molecular weight excluding hydrogens is 671 g/mol. The average Bonchev–Trinajstić information content (AvgIpc) is 3.48. The minimum Gasteiger partial charge on any atom is -0.449 e. The van der Waals surface area contributed by atoms with Gasteiger partial charge >= 0.3 is 0 Å². The lowest BCUT2D eigenvalue weighted by atomic mass is 9.82. The standard InChI is InChI=1S/C52H35NO2/c1-52(2)43-17-9-8-15-42(43)49-44(52)27-28-48-51(49)55-50-41(16-10-18-47(50)54-48)34-21-19-32(20-22-34)38-30-45(35-12-4-3-5-13-35)53-46(31-38)37-25-26-40-36(29-37)24-23-33-11-6-7-14-39(33)40/h3-31H,1-2H3. The summed E-state index contributed by atoms with van der Waals surface area (Å²) in [5.41, 5.74) is 13.1. The summed E-state index contributed by atoms with van der Waals surface area (Å²) in [5, 5.41) is 4.95. The fourth-order valence-electron chi connectivity index (χ4n) is 8.69. The van der Waals surface area contributed by atoms with E-state index in [2.05, 4.69) is 172 Å². The molecule has 2 aliphatic rings. The van der Waals surface area contributed by atoms with Gasteiger partial charge in [0, 0.05) is 27.7 Å². The molecule has 9 aromatic rings. The molecule has 260 valence electrons. The zero-order chi connectivity index (χ0) is 36.7. The summed E-state index contributed by atoms with van der Waals surface area (Å²) in [7, 11) is 0. The van der Waals surface area contributed by atoms with E-state index in [0.717, 1.165) is 67.6 Å². The van der Waals surface area contributed by atoms with Gasteiger partial charge in [0.15, 0.2) is 23.0 Å². The van der Waals surface area contributed by atoms with E-state index in [9.17, 15) is 0 Å². The maximum atomic E-state index is 6.92. The normalized spacial score (nSPS) is 13.3. The summed E-state index contributed by atoms with van der Waals surface area (Å²) in [6.07, 6.45) is 0. The topological polar surface area (TPSA) is 31.4 Å². The van der Waals surface area contributed by atoms with Gasteiger partial charge < -0.3 is 9.47 Å². The van der Waals surface area contributed by atoms with Gasteiger partial charge in [-0.25, -0.2) is 4.98 Å². The minimum atomic E-state index is -0.129. The first kappa shape index (κ1) is 31.5. The van der Waals surface area contributed by atoms with Gasteiger partial charge in [-0.15, -0.1) is 0 Å². The van der Waals surface area contributed by atoms with Crippen LogP contribution < -0.4 is 9.47 Å². The van der Waals surface area contributed by atoms with E-state index in [-0.39, 0.29) is 5.41 Å². The van der Waals surface area contributed by atoms with E-state index in [1.54, 1.807) is 0 Å². The van der Waals surface area contributed by atoms with E-state index < -0.39 is 0 Å². The van der Waals surface area contributed by atoms with E-state index in [0.29, 0.717) is 5.75 Å². The summed E-state index contributed by atoms with van der Waals surface area (Å²) < 4.78 is 13.5. The van der Waals surface area contributed by atoms with Gasteiger partial charge in [-0.3, -0.25) is 0 Å². The van der Waals surface area contributed by atoms with Crippen molar-refractivity contribution in [3.8, 4) is 78.9 Å². The van der Waals surface area contributed by atoms with Crippen LogP contribution in [0.4, 0.5) is 0 Å². The molecule has 11 rings (SSSR count). The molecule has 0 amide bonds. The maximum Gasteiger partial charge on any atom is 0.178 e. The van der Waals surface area contributed by atoms with E-state index >= 15 is 0 Å². The molecule has 1 aliphatic heterocycles. The molecule has 0 atom stereocenters. The van der Waals surface area contributed by atoms with Gasteiger partial charge in [0.2, 0.25) is 0 Å². The number of hydrogen-bond donors (Lipinski definition) is 0. The maximum absolute atomic E-state index is 6.92. The zero-order valence-electron chi connectivity index (χ0n) is 30.5. The molecule has 0 spiro atoms. The Kier molecular flexibility index (Phi) is 6.90. The predicted molar refractivity (Wildman–Crippen MR) is 225 cm³/mol. The molecule has 3 nitrogen and oxygen atoms in total. The molecule has 0 radical (unpaired) electrons. The van der Waals surface area contributed by atoms with Gasteiger partial charge in [0.25, 0.3) is 0 Å². The highest BCUT2D eigenvalue weighted by atomic mass is 16.6. The molecule has 1 aliphatic carbocycles. The molecular formula is C52H35NO2. The number of hydrogen-bond acceptors (Lipinski definition) is 3. The SMILES string of the molecule is CC1(C)c2ccccc2-c2c1ccc1c2Oc2c(cccc2-c2ccc(-c3cc(-c4ccccc4)nc(-c4ccc5c(ccc6ccccc65)c4)c3)cc2)O1. The highest BCUT2D eigenvalue weighted by Gasteiger charge is 2.39. The van der Waals surface area contributed by atoms with Crippen LogP contribution >= 0.6 is 0 Å². The molecule has 0 N–H and O–H groups in total. The van der Waals surface area contributed by atoms with Crippen LogP contribution in [0.15, 0.2) is 176 Å². The molecule has 2 heterocycles. The number of rotatable bonds is 4. The van der Waals surface area contributed by atoms with Crippen molar-refractivity contribution in [3.05, 3.63) is 187 Å². The third kappa shape index (κ3) is 5.01. The summed E-state index contributed by atoms with van der Waals surface area (Å²) in [6.45, 7) is 4.57. The van der Waals surface area contributed by atoms with Crippen molar-refractivity contribution in [2.24, 2.45) is 0 Å². The van der Waals surface area contributed by atoms with Gasteiger partial charge in [-0.05, 0) is 85.3 Å². The third-order valence-electron chi connectivity index (χ3n) is 11.5. The van der Waals surface area contributed by atoms with Gasteiger partial charge in [-0.2, -0.15) is 0 Å². The largest absolute Gasteiger partial charge is 0.449 e.